The number of halogens is 3. The number of nitrogens with one attached hydrogen (secondary N) is 1. The van der Waals surface area contributed by atoms with Crippen molar-refractivity contribution in [3.8, 4) is 0 Å². The fraction of sp³-hybridized carbons (Fsp3) is 0.385. The number of esters is 1. The summed E-state index contributed by atoms with van der Waals surface area (Å²) in [4.78, 5) is 21.1. The van der Waals surface area contributed by atoms with E-state index in [1.54, 1.807) is 0 Å². The number of ether oxygens (including phenoxy) is 1. The average Bonchev–Trinajstić information content (AvgIpc) is 2.44. The van der Waals surface area contributed by atoms with Crippen molar-refractivity contribution >= 4 is 46.7 Å². The Kier molecular flexibility index (Phi) is 10.2. The summed E-state index contributed by atoms with van der Waals surface area (Å²) < 4.78 is 4.64. The van der Waals surface area contributed by atoms with Gasteiger partial charge in [0.05, 0.1) is 27.2 Å². The second kappa shape index (κ2) is 10.7. The van der Waals surface area contributed by atoms with Gasteiger partial charge < -0.3 is 4.74 Å². The molecule has 0 spiro atoms. The first-order chi connectivity index (χ1) is 9.84. The highest BCUT2D eigenvalue weighted by atomic mass is 35.5. The smallest absolute Gasteiger partial charge is 0.302 e. The van der Waals surface area contributed by atoms with Gasteiger partial charge in [-0.15, -0.1) is 0 Å². The molecule has 1 rings (SSSR count). The minimum absolute atomic E-state index is 0.0146. The SMILES string of the molecule is CCCCOC(C)=O.O=C(NO)c1c(Cl)ccc(Cl)c1Cl. The lowest BCUT2D eigenvalue weighted by Crippen LogP contribution is -2.19. The summed E-state index contributed by atoms with van der Waals surface area (Å²) in [5, 5.41) is 8.71. The van der Waals surface area contributed by atoms with Gasteiger partial charge in [-0.1, -0.05) is 48.1 Å². The fourth-order valence-corrected chi connectivity index (χ4v) is 1.85. The van der Waals surface area contributed by atoms with E-state index in [9.17, 15) is 9.59 Å². The predicted octanol–water partition coefficient (Wildman–Crippen LogP) is 4.12. The Bertz CT molecular complexity index is 495. The molecule has 21 heavy (non-hydrogen) atoms. The van der Waals surface area contributed by atoms with Crippen molar-refractivity contribution in [1.82, 2.24) is 5.48 Å². The highest BCUT2D eigenvalue weighted by Crippen LogP contribution is 2.31. The van der Waals surface area contributed by atoms with Crippen LogP contribution in [0.15, 0.2) is 12.1 Å². The molecular formula is C13H16Cl3NO4. The molecule has 118 valence electrons. The van der Waals surface area contributed by atoms with Gasteiger partial charge in [-0.3, -0.25) is 14.8 Å². The third-order valence-corrected chi connectivity index (χ3v) is 3.30. The third-order valence-electron chi connectivity index (χ3n) is 2.18. The van der Waals surface area contributed by atoms with E-state index in [2.05, 4.69) is 11.7 Å². The van der Waals surface area contributed by atoms with Crippen LogP contribution < -0.4 is 5.48 Å². The number of rotatable bonds is 4. The summed E-state index contributed by atoms with van der Waals surface area (Å²) >= 11 is 17.0. The van der Waals surface area contributed by atoms with E-state index in [-0.39, 0.29) is 26.6 Å². The number of hydroxylamine groups is 1. The van der Waals surface area contributed by atoms with Crippen LogP contribution in [-0.4, -0.2) is 23.7 Å². The Morgan fingerprint density at radius 2 is 1.81 bits per heavy atom. The molecule has 8 heteroatoms. The van der Waals surface area contributed by atoms with E-state index in [4.69, 9.17) is 40.0 Å². The standard InChI is InChI=1S/C7H4Cl3NO2.C6H12O2/c8-3-1-2-4(9)6(10)5(3)7(12)11-13;1-3-4-5-8-6(2)7/h1-2,13H,(H,11,12);3-5H2,1-2H3. The Labute approximate surface area is 138 Å². The largest absolute Gasteiger partial charge is 0.466 e. The van der Waals surface area contributed by atoms with Crippen LogP contribution >= 0.6 is 34.8 Å². The number of carbonyl (C=O) groups is 2. The first-order valence-electron chi connectivity index (χ1n) is 6.06. The van der Waals surface area contributed by atoms with Gasteiger partial charge in [0.25, 0.3) is 5.91 Å². The van der Waals surface area contributed by atoms with Crippen LogP contribution in [0.5, 0.6) is 0 Å². The van der Waals surface area contributed by atoms with Crippen molar-refractivity contribution in [3.63, 3.8) is 0 Å². The zero-order valence-corrected chi connectivity index (χ0v) is 13.8. The van der Waals surface area contributed by atoms with E-state index in [0.29, 0.717) is 6.61 Å². The van der Waals surface area contributed by atoms with E-state index < -0.39 is 5.91 Å². The first-order valence-corrected chi connectivity index (χ1v) is 7.19. The zero-order chi connectivity index (χ0) is 16.4. The maximum atomic E-state index is 11.0. The molecule has 2 N–H and O–H groups in total. The molecule has 0 aliphatic rings. The summed E-state index contributed by atoms with van der Waals surface area (Å²) in [6.07, 6.45) is 2.05. The number of carbonyl (C=O) groups excluding carboxylic acids is 2. The van der Waals surface area contributed by atoms with Gasteiger partial charge in [0.1, 0.15) is 0 Å². The van der Waals surface area contributed by atoms with E-state index in [1.165, 1.54) is 24.5 Å². The van der Waals surface area contributed by atoms with Crippen molar-refractivity contribution in [2.75, 3.05) is 6.61 Å². The van der Waals surface area contributed by atoms with Crippen molar-refractivity contribution in [3.05, 3.63) is 32.8 Å². The van der Waals surface area contributed by atoms with Gasteiger partial charge in [-0.25, -0.2) is 5.48 Å². The number of hydrogen-bond donors (Lipinski definition) is 2. The molecule has 5 nitrogen and oxygen atoms in total. The molecule has 0 saturated carbocycles. The van der Waals surface area contributed by atoms with Crippen LogP contribution in [0.2, 0.25) is 15.1 Å². The summed E-state index contributed by atoms with van der Waals surface area (Å²) in [6.45, 7) is 4.06. The summed E-state index contributed by atoms with van der Waals surface area (Å²) in [5.41, 5.74) is 1.38. The summed E-state index contributed by atoms with van der Waals surface area (Å²) in [6, 6.07) is 2.88. The van der Waals surface area contributed by atoms with Crippen LogP contribution in [0.3, 0.4) is 0 Å². The molecule has 0 aliphatic heterocycles. The van der Waals surface area contributed by atoms with Gasteiger partial charge >= 0.3 is 5.97 Å². The van der Waals surface area contributed by atoms with Crippen LogP contribution in [0.25, 0.3) is 0 Å². The second-order valence-electron chi connectivity index (χ2n) is 3.85. The van der Waals surface area contributed by atoms with Crippen molar-refractivity contribution in [2.24, 2.45) is 0 Å². The van der Waals surface area contributed by atoms with Crippen LogP contribution in [0.1, 0.15) is 37.0 Å². The number of amides is 1. The molecular weight excluding hydrogens is 341 g/mol. The van der Waals surface area contributed by atoms with Gasteiger partial charge in [-0.2, -0.15) is 0 Å². The fourth-order valence-electron chi connectivity index (χ4n) is 1.15. The molecule has 1 aromatic rings. The predicted molar refractivity (Wildman–Crippen MR) is 82.3 cm³/mol. The van der Waals surface area contributed by atoms with Crippen molar-refractivity contribution in [2.45, 2.75) is 26.7 Å². The van der Waals surface area contributed by atoms with E-state index in [1.807, 2.05) is 0 Å². The topological polar surface area (TPSA) is 75.6 Å². The minimum atomic E-state index is -0.794. The lowest BCUT2D eigenvalue weighted by Gasteiger charge is -2.05. The number of hydrogen-bond acceptors (Lipinski definition) is 4. The molecule has 0 saturated heterocycles. The molecule has 0 radical (unpaired) electrons. The number of benzene rings is 1. The number of unbranched alkanes of at least 4 members (excludes halogenated alkanes) is 1. The lowest BCUT2D eigenvalue weighted by atomic mass is 10.2. The monoisotopic (exact) mass is 355 g/mol. The van der Waals surface area contributed by atoms with E-state index in [0.717, 1.165) is 12.8 Å². The summed E-state index contributed by atoms with van der Waals surface area (Å²) in [7, 11) is 0. The van der Waals surface area contributed by atoms with Gasteiger partial charge in [-0.05, 0) is 18.6 Å². The Balaban J connectivity index is 0.000000433. The molecule has 1 amide bonds. The zero-order valence-electron chi connectivity index (χ0n) is 11.6. The lowest BCUT2D eigenvalue weighted by molar-refractivity contribution is -0.141. The van der Waals surface area contributed by atoms with Gasteiger partial charge in [0, 0.05) is 6.92 Å². The van der Waals surface area contributed by atoms with Crippen molar-refractivity contribution < 1.29 is 19.5 Å². The first kappa shape index (κ1) is 20.0. The normalized spacial score (nSPS) is 9.43. The summed E-state index contributed by atoms with van der Waals surface area (Å²) in [5.74, 6) is -0.976. The highest BCUT2D eigenvalue weighted by molar-refractivity contribution is 6.46. The Morgan fingerprint density at radius 1 is 1.24 bits per heavy atom. The molecule has 0 aliphatic carbocycles. The molecule has 0 aromatic heterocycles. The van der Waals surface area contributed by atoms with E-state index >= 15 is 0 Å². The molecule has 0 bridgehead atoms. The maximum Gasteiger partial charge on any atom is 0.302 e. The molecule has 0 heterocycles. The van der Waals surface area contributed by atoms with Crippen LogP contribution in [-0.2, 0) is 9.53 Å². The Morgan fingerprint density at radius 3 is 2.29 bits per heavy atom. The van der Waals surface area contributed by atoms with Crippen molar-refractivity contribution in [1.29, 1.82) is 0 Å². The van der Waals surface area contributed by atoms with Gasteiger partial charge in [0.2, 0.25) is 0 Å². The average molecular weight is 357 g/mol. The van der Waals surface area contributed by atoms with Crippen LogP contribution in [0, 0.1) is 0 Å². The molecule has 1 aromatic carbocycles. The highest BCUT2D eigenvalue weighted by Gasteiger charge is 2.16. The second-order valence-corrected chi connectivity index (χ2v) is 5.05. The van der Waals surface area contributed by atoms with Gasteiger partial charge in [0.15, 0.2) is 0 Å². The molecule has 0 fully saturated rings. The van der Waals surface area contributed by atoms with Crippen LogP contribution in [0.4, 0.5) is 0 Å². The molecule has 0 atom stereocenters. The third kappa shape index (κ3) is 7.52. The molecule has 0 unspecified atom stereocenters. The minimum Gasteiger partial charge on any atom is -0.466 e. The Hall–Kier alpha value is -1.01. The maximum absolute atomic E-state index is 11.0. The quantitative estimate of drug-likeness (QED) is 0.280.